The molecule has 73 heavy (non-hydrogen) atoms. The lowest BCUT2D eigenvalue weighted by Gasteiger charge is -2.30. The summed E-state index contributed by atoms with van der Waals surface area (Å²) in [4.78, 5) is 127. The number of aliphatic imine (C=N–C) groups is 1. The van der Waals surface area contributed by atoms with Gasteiger partial charge in [-0.25, -0.2) is 4.79 Å². The van der Waals surface area contributed by atoms with Crippen molar-refractivity contribution in [1.82, 2.24) is 42.5 Å². The van der Waals surface area contributed by atoms with Crippen molar-refractivity contribution in [1.29, 1.82) is 0 Å². The van der Waals surface area contributed by atoms with E-state index >= 15 is 0 Å². The van der Waals surface area contributed by atoms with E-state index in [1.54, 1.807) is 20.8 Å². The first-order chi connectivity index (χ1) is 33.9. The van der Waals surface area contributed by atoms with E-state index in [0.29, 0.717) is 25.8 Å². The smallest absolute Gasteiger partial charge is 0.326 e. The molecule has 0 aliphatic heterocycles. The fraction of sp³-hybridized carbons (Fsp3) is 0.800. The number of aliphatic carboxylic acids is 1. The number of nitrogens with zero attached hydrogens (tertiary/aromatic N) is 1. The molecular formula is C50H95N13O10. The molecule has 0 fully saturated rings. The minimum Gasteiger partial charge on any atom is -0.480 e. The number of unbranched alkanes of at least 4 members (excludes halogenated alkanes) is 1. The van der Waals surface area contributed by atoms with Gasteiger partial charge in [0.2, 0.25) is 47.3 Å². The van der Waals surface area contributed by atoms with Crippen LogP contribution in [0.3, 0.4) is 0 Å². The molecule has 8 amide bonds. The third kappa shape index (κ3) is 27.3. The number of nitrogens with one attached hydrogen (secondary N) is 8. The Morgan fingerprint density at radius 3 is 1.10 bits per heavy atom. The maximum atomic E-state index is 14.3. The summed E-state index contributed by atoms with van der Waals surface area (Å²) in [5.74, 6) is -8.08. The average molecular weight is 1040 g/mol. The van der Waals surface area contributed by atoms with Gasteiger partial charge >= 0.3 is 5.97 Å². The Balaban J connectivity index is 6.80. The van der Waals surface area contributed by atoms with Crippen LogP contribution in [0, 0.1) is 35.5 Å². The third-order valence-corrected chi connectivity index (χ3v) is 12.0. The van der Waals surface area contributed by atoms with Crippen LogP contribution in [0.2, 0.25) is 0 Å². The molecule has 0 unspecified atom stereocenters. The van der Waals surface area contributed by atoms with Crippen LogP contribution in [-0.2, 0) is 43.2 Å². The van der Waals surface area contributed by atoms with Gasteiger partial charge in [0.05, 0.1) is 6.04 Å². The molecule has 10 atom stereocenters. The Morgan fingerprint density at radius 2 is 0.781 bits per heavy atom. The van der Waals surface area contributed by atoms with E-state index in [4.69, 9.17) is 22.9 Å². The monoisotopic (exact) mass is 1040 g/mol. The van der Waals surface area contributed by atoms with Gasteiger partial charge in [-0.3, -0.25) is 43.3 Å². The molecule has 0 aromatic heterocycles. The molecule has 0 saturated carbocycles. The van der Waals surface area contributed by atoms with E-state index in [2.05, 4.69) is 47.5 Å². The Hall–Kier alpha value is -5.58. The standard InChI is InChI=1S/C50H95N13O10/c1-14-31(12)40(63-43(66)34(19-17-21-55-50(53)54)57-44(67)35(22-26(2)3)58-41(64)32(13)52)48(71)61-38(25-29(8)9)47(70)60-37(24-28(6)7)46(69)59-36(23-27(4)5)45(68)56-33(18-15-16-20-51)42(65)62-39(30(10)11)49(72)73/h26-40H,14-25,51-52H2,1-13H3,(H,56,68)(H,57,67)(H,58,64)(H,59,69)(H,60,70)(H,61,71)(H,62,65)(H,63,66)(H,72,73)(H4,53,54,55)/t31-,32-,33-,34-,35-,36-,37-,38-,39-,40-/m0/s1. The molecule has 0 aromatic rings. The quantitative estimate of drug-likeness (QED) is 0.0229. The Bertz CT molecular complexity index is 1810. The number of carboxylic acids is 1. The predicted molar refractivity (Wildman–Crippen MR) is 282 cm³/mol. The third-order valence-electron chi connectivity index (χ3n) is 12.0. The number of carbonyl (C=O) groups is 9. The predicted octanol–water partition coefficient (Wildman–Crippen LogP) is 0.366. The molecule has 0 aliphatic carbocycles. The van der Waals surface area contributed by atoms with Crippen LogP contribution in [-0.4, -0.2) is 132 Å². The summed E-state index contributed by atoms with van der Waals surface area (Å²) >= 11 is 0. The zero-order chi connectivity index (χ0) is 56.3. The highest BCUT2D eigenvalue weighted by atomic mass is 16.4. The average Bonchev–Trinajstić information content (AvgIpc) is 3.27. The van der Waals surface area contributed by atoms with Crippen LogP contribution in [0.25, 0.3) is 0 Å². The Labute approximate surface area is 434 Å². The zero-order valence-electron chi connectivity index (χ0n) is 46.0. The summed E-state index contributed by atoms with van der Waals surface area (Å²) in [6.45, 7) is 23.6. The Morgan fingerprint density at radius 1 is 0.452 bits per heavy atom. The first-order valence-electron chi connectivity index (χ1n) is 26.1. The lowest BCUT2D eigenvalue weighted by Crippen LogP contribution is -2.61. The number of nitrogens with two attached hydrogens (primary N) is 4. The highest BCUT2D eigenvalue weighted by Gasteiger charge is 2.37. The van der Waals surface area contributed by atoms with E-state index in [1.165, 1.54) is 6.92 Å². The fourth-order valence-electron chi connectivity index (χ4n) is 7.72. The molecule has 23 nitrogen and oxygen atoms in total. The van der Waals surface area contributed by atoms with E-state index in [9.17, 15) is 48.3 Å². The molecule has 0 spiro atoms. The SMILES string of the molecule is CC[C@H](C)[C@H](NC(=O)[C@H](CCCN=C(N)N)NC(=O)[C@H](CC(C)C)NC(=O)[C@H](C)N)C(=O)N[C@@H](CC(C)C)C(=O)N[C@@H](CC(C)C)C(=O)N[C@@H](CC(C)C)C(=O)N[C@@H](CCCCN)C(=O)N[C@H](C(=O)O)C(C)C. The number of hydrogen-bond donors (Lipinski definition) is 13. The largest absolute Gasteiger partial charge is 0.480 e. The minimum absolute atomic E-state index is 0.0284. The van der Waals surface area contributed by atoms with E-state index in [1.807, 2.05) is 62.3 Å². The topological polar surface area (TPSA) is 387 Å². The highest BCUT2D eigenvalue weighted by Crippen LogP contribution is 2.16. The van der Waals surface area contributed by atoms with Gasteiger partial charge in [-0.05, 0) is 107 Å². The molecule has 0 bridgehead atoms. The van der Waals surface area contributed by atoms with Gasteiger partial charge in [0.15, 0.2) is 5.96 Å². The van der Waals surface area contributed by atoms with Crippen molar-refractivity contribution in [2.24, 2.45) is 63.4 Å². The molecular weight excluding hydrogens is 943 g/mol. The van der Waals surface area contributed by atoms with E-state index in [0.717, 1.165) is 0 Å². The van der Waals surface area contributed by atoms with Gasteiger partial charge in [-0.15, -0.1) is 0 Å². The summed E-state index contributed by atoms with van der Waals surface area (Å²) in [7, 11) is 0. The van der Waals surface area contributed by atoms with Crippen molar-refractivity contribution in [3.8, 4) is 0 Å². The fourth-order valence-corrected chi connectivity index (χ4v) is 7.72. The summed E-state index contributed by atoms with van der Waals surface area (Å²) in [6, 6.07) is -10.2. The van der Waals surface area contributed by atoms with Gasteiger partial charge < -0.3 is 70.6 Å². The van der Waals surface area contributed by atoms with Crippen molar-refractivity contribution < 1.29 is 48.3 Å². The lowest BCUT2D eigenvalue weighted by molar-refractivity contribution is -0.143. The van der Waals surface area contributed by atoms with Crippen molar-refractivity contribution >= 4 is 59.2 Å². The van der Waals surface area contributed by atoms with Crippen LogP contribution in [0.15, 0.2) is 4.99 Å². The van der Waals surface area contributed by atoms with E-state index in [-0.39, 0.29) is 81.1 Å². The summed E-state index contributed by atoms with van der Waals surface area (Å²) in [5.41, 5.74) is 22.5. The van der Waals surface area contributed by atoms with Crippen molar-refractivity contribution in [3.63, 3.8) is 0 Å². The van der Waals surface area contributed by atoms with Crippen LogP contribution in [0.4, 0.5) is 0 Å². The number of rotatable bonds is 36. The lowest BCUT2D eigenvalue weighted by atomic mass is 9.95. The normalized spacial score (nSPS) is 15.6. The molecule has 0 aliphatic rings. The second-order valence-electron chi connectivity index (χ2n) is 21.3. The number of amides is 8. The van der Waals surface area contributed by atoms with Gasteiger partial charge in [0.1, 0.15) is 48.3 Å². The summed E-state index contributed by atoms with van der Waals surface area (Å²) < 4.78 is 0. The first-order valence-corrected chi connectivity index (χ1v) is 26.1. The van der Waals surface area contributed by atoms with Gasteiger partial charge in [0.25, 0.3) is 0 Å². The molecule has 17 N–H and O–H groups in total. The molecule has 0 heterocycles. The minimum atomic E-state index is -1.23. The number of guanidine groups is 1. The molecule has 23 heteroatoms. The van der Waals surface area contributed by atoms with Gasteiger partial charge in [-0.1, -0.05) is 89.5 Å². The molecule has 420 valence electrons. The first kappa shape index (κ1) is 67.4. The summed E-state index contributed by atoms with van der Waals surface area (Å²) in [6.07, 6.45) is 2.54. The van der Waals surface area contributed by atoms with Crippen LogP contribution in [0.5, 0.6) is 0 Å². The molecule has 0 radical (unpaired) electrons. The van der Waals surface area contributed by atoms with Crippen molar-refractivity contribution in [3.05, 3.63) is 0 Å². The second kappa shape index (κ2) is 34.8. The second-order valence-corrected chi connectivity index (χ2v) is 21.3. The van der Waals surface area contributed by atoms with Crippen LogP contribution in [0.1, 0.15) is 154 Å². The number of carbonyl (C=O) groups excluding carboxylic acids is 8. The highest BCUT2D eigenvalue weighted by molar-refractivity contribution is 5.98. The van der Waals surface area contributed by atoms with Crippen LogP contribution >= 0.6 is 0 Å². The maximum absolute atomic E-state index is 14.3. The summed E-state index contributed by atoms with van der Waals surface area (Å²) in [5, 5.41) is 31.6. The Kier molecular flexibility index (Phi) is 32.1. The molecule has 0 rings (SSSR count). The van der Waals surface area contributed by atoms with Gasteiger partial charge in [-0.2, -0.15) is 0 Å². The number of carboxylic acid groups (broad SMARTS) is 1. The van der Waals surface area contributed by atoms with Crippen molar-refractivity contribution in [2.75, 3.05) is 13.1 Å². The van der Waals surface area contributed by atoms with E-state index < -0.39 is 119 Å². The molecule has 0 aromatic carbocycles. The number of hydrogen-bond acceptors (Lipinski definition) is 12. The van der Waals surface area contributed by atoms with Gasteiger partial charge in [0, 0.05) is 6.54 Å². The maximum Gasteiger partial charge on any atom is 0.326 e. The van der Waals surface area contributed by atoms with Crippen molar-refractivity contribution in [2.45, 2.75) is 209 Å². The molecule has 0 saturated heterocycles. The zero-order valence-corrected chi connectivity index (χ0v) is 46.0. The van der Waals surface area contributed by atoms with Crippen LogP contribution < -0.4 is 65.5 Å².